The van der Waals surface area contributed by atoms with Crippen molar-refractivity contribution in [2.75, 3.05) is 6.54 Å². The van der Waals surface area contributed by atoms with Crippen molar-refractivity contribution in [3.63, 3.8) is 0 Å². The average Bonchev–Trinajstić information content (AvgIpc) is 2.27. The van der Waals surface area contributed by atoms with E-state index in [2.05, 4.69) is 12.2 Å². The predicted molar refractivity (Wildman–Crippen MR) is 56.8 cm³/mol. The Morgan fingerprint density at radius 1 is 1.23 bits per heavy atom. The minimum Gasteiger partial charge on any atom is -0.311 e. The van der Waals surface area contributed by atoms with E-state index < -0.39 is 0 Å². The Morgan fingerprint density at radius 2 is 2.08 bits per heavy atom. The zero-order valence-electron chi connectivity index (χ0n) is 8.94. The third kappa shape index (κ3) is 2.07. The highest BCUT2D eigenvalue weighted by molar-refractivity contribution is 4.98. The van der Waals surface area contributed by atoms with E-state index in [1.54, 1.807) is 0 Å². The maximum Gasteiger partial charge on any atom is 0.0193 e. The van der Waals surface area contributed by atoms with Crippen LogP contribution in [0.2, 0.25) is 0 Å². The van der Waals surface area contributed by atoms with Gasteiger partial charge < -0.3 is 5.32 Å². The number of hydrogen-bond acceptors (Lipinski definition) is 1. The summed E-state index contributed by atoms with van der Waals surface area (Å²) in [5.74, 6) is 1.05. The first-order valence-electron chi connectivity index (χ1n) is 6.10. The molecule has 2 atom stereocenters. The molecule has 0 aromatic heterocycles. The van der Waals surface area contributed by atoms with Crippen LogP contribution < -0.4 is 5.32 Å². The van der Waals surface area contributed by atoms with Gasteiger partial charge >= 0.3 is 0 Å². The van der Waals surface area contributed by atoms with Gasteiger partial charge in [-0.25, -0.2) is 0 Å². The molecule has 13 heavy (non-hydrogen) atoms. The highest BCUT2D eigenvalue weighted by atomic mass is 15.0. The minimum absolute atomic E-state index is 0.614. The first kappa shape index (κ1) is 9.51. The molecule has 2 rings (SSSR count). The van der Waals surface area contributed by atoms with Crippen molar-refractivity contribution in [1.82, 2.24) is 5.32 Å². The van der Waals surface area contributed by atoms with Crippen LogP contribution in [0.1, 0.15) is 58.3 Å². The summed E-state index contributed by atoms with van der Waals surface area (Å²) in [5, 5.41) is 3.66. The van der Waals surface area contributed by atoms with E-state index in [0.717, 1.165) is 5.92 Å². The van der Waals surface area contributed by atoms with Crippen LogP contribution in [0.5, 0.6) is 0 Å². The molecule has 1 saturated heterocycles. The average molecular weight is 181 g/mol. The van der Waals surface area contributed by atoms with E-state index in [1.807, 2.05) is 0 Å². The highest BCUT2D eigenvalue weighted by Gasteiger charge is 2.37. The second-order valence-electron chi connectivity index (χ2n) is 5.04. The molecule has 1 heterocycles. The lowest BCUT2D eigenvalue weighted by molar-refractivity contribution is 0.177. The van der Waals surface area contributed by atoms with Crippen LogP contribution in [0.4, 0.5) is 0 Å². The lowest BCUT2D eigenvalue weighted by Crippen LogP contribution is -2.56. The number of rotatable bonds is 2. The van der Waals surface area contributed by atoms with Gasteiger partial charge in [-0.15, -0.1) is 0 Å². The molecule has 1 nitrogen and oxygen atoms in total. The Bertz CT molecular complexity index is 161. The van der Waals surface area contributed by atoms with Gasteiger partial charge in [-0.2, -0.15) is 0 Å². The second-order valence-corrected chi connectivity index (χ2v) is 5.04. The van der Waals surface area contributed by atoms with Crippen LogP contribution in [-0.4, -0.2) is 12.1 Å². The van der Waals surface area contributed by atoms with E-state index >= 15 is 0 Å². The fourth-order valence-electron chi connectivity index (χ4n) is 3.08. The van der Waals surface area contributed by atoms with Crippen LogP contribution in [-0.2, 0) is 0 Å². The maximum absolute atomic E-state index is 3.66. The quantitative estimate of drug-likeness (QED) is 0.690. The lowest BCUT2D eigenvalue weighted by Gasteiger charge is -2.43. The molecular formula is C12H23N. The molecule has 0 aromatic rings. The Hall–Kier alpha value is -0.0400. The zero-order valence-corrected chi connectivity index (χ0v) is 8.94. The summed E-state index contributed by atoms with van der Waals surface area (Å²) in [6.07, 6.45) is 11.7. The third-order valence-corrected chi connectivity index (χ3v) is 4.10. The maximum atomic E-state index is 3.66. The summed E-state index contributed by atoms with van der Waals surface area (Å²) in [6, 6.07) is 0. The summed E-state index contributed by atoms with van der Waals surface area (Å²) >= 11 is 0. The molecule has 2 fully saturated rings. The highest BCUT2D eigenvalue weighted by Crippen LogP contribution is 2.37. The topological polar surface area (TPSA) is 12.0 Å². The largest absolute Gasteiger partial charge is 0.311 e. The van der Waals surface area contributed by atoms with Crippen molar-refractivity contribution in [3.05, 3.63) is 0 Å². The van der Waals surface area contributed by atoms with Crippen LogP contribution in [0, 0.1) is 5.92 Å². The van der Waals surface area contributed by atoms with Crippen molar-refractivity contribution < 1.29 is 0 Å². The van der Waals surface area contributed by atoms with Crippen LogP contribution in [0.15, 0.2) is 0 Å². The van der Waals surface area contributed by atoms with Gasteiger partial charge in [0.1, 0.15) is 0 Å². The molecule has 1 saturated carbocycles. The number of nitrogens with one attached hydrogen (secondary N) is 1. The molecule has 1 aliphatic carbocycles. The van der Waals surface area contributed by atoms with Gasteiger partial charge in [0.15, 0.2) is 0 Å². The zero-order chi connectivity index (χ0) is 9.15. The van der Waals surface area contributed by atoms with E-state index in [1.165, 1.54) is 57.9 Å². The van der Waals surface area contributed by atoms with E-state index in [0.29, 0.717) is 5.54 Å². The SMILES string of the molecule is CCCC1CCCC2(CCN2)CC1. The number of hydrogen-bond donors (Lipinski definition) is 1. The van der Waals surface area contributed by atoms with E-state index in [9.17, 15) is 0 Å². The predicted octanol–water partition coefficient (Wildman–Crippen LogP) is 3.10. The Kier molecular flexibility index (Phi) is 2.92. The summed E-state index contributed by atoms with van der Waals surface area (Å²) in [5.41, 5.74) is 0.614. The molecular weight excluding hydrogens is 158 g/mol. The van der Waals surface area contributed by atoms with Crippen molar-refractivity contribution in [2.24, 2.45) is 5.92 Å². The smallest absolute Gasteiger partial charge is 0.0193 e. The normalized spacial score (nSPS) is 39.9. The molecule has 1 aliphatic heterocycles. The molecule has 0 radical (unpaired) electrons. The van der Waals surface area contributed by atoms with Crippen LogP contribution in [0.25, 0.3) is 0 Å². The lowest BCUT2D eigenvalue weighted by atomic mass is 9.80. The van der Waals surface area contributed by atoms with Crippen molar-refractivity contribution in [1.29, 1.82) is 0 Å². The Morgan fingerprint density at radius 3 is 2.69 bits per heavy atom. The molecule has 1 N–H and O–H groups in total. The van der Waals surface area contributed by atoms with Gasteiger partial charge in [-0.05, 0) is 38.1 Å². The van der Waals surface area contributed by atoms with Crippen molar-refractivity contribution in [2.45, 2.75) is 63.8 Å². The van der Waals surface area contributed by atoms with Crippen molar-refractivity contribution >= 4 is 0 Å². The van der Waals surface area contributed by atoms with Gasteiger partial charge in [-0.3, -0.25) is 0 Å². The van der Waals surface area contributed by atoms with E-state index in [-0.39, 0.29) is 0 Å². The molecule has 0 aromatic carbocycles. The second kappa shape index (κ2) is 4.00. The van der Waals surface area contributed by atoms with Gasteiger partial charge in [-0.1, -0.05) is 32.6 Å². The van der Waals surface area contributed by atoms with Gasteiger partial charge in [0.05, 0.1) is 0 Å². The van der Waals surface area contributed by atoms with Crippen LogP contribution in [0.3, 0.4) is 0 Å². The Labute approximate surface area is 82.3 Å². The fraction of sp³-hybridized carbons (Fsp3) is 1.00. The monoisotopic (exact) mass is 181 g/mol. The molecule has 0 amide bonds. The molecule has 76 valence electrons. The summed E-state index contributed by atoms with van der Waals surface area (Å²) in [6.45, 7) is 3.60. The standard InChI is InChI=1S/C12H23N/c1-2-4-11-5-3-7-12(8-6-11)9-10-13-12/h11,13H,2-10H2,1H3. The summed E-state index contributed by atoms with van der Waals surface area (Å²) in [7, 11) is 0. The first-order chi connectivity index (χ1) is 6.35. The van der Waals surface area contributed by atoms with Gasteiger partial charge in [0.25, 0.3) is 0 Å². The molecule has 1 heteroatoms. The van der Waals surface area contributed by atoms with Gasteiger partial charge in [0, 0.05) is 5.54 Å². The summed E-state index contributed by atoms with van der Waals surface area (Å²) < 4.78 is 0. The summed E-state index contributed by atoms with van der Waals surface area (Å²) in [4.78, 5) is 0. The third-order valence-electron chi connectivity index (χ3n) is 4.10. The Balaban J connectivity index is 1.83. The van der Waals surface area contributed by atoms with Gasteiger partial charge in [0.2, 0.25) is 0 Å². The minimum atomic E-state index is 0.614. The molecule has 2 aliphatic rings. The van der Waals surface area contributed by atoms with Crippen molar-refractivity contribution in [3.8, 4) is 0 Å². The van der Waals surface area contributed by atoms with Crippen LogP contribution >= 0.6 is 0 Å². The first-order valence-corrected chi connectivity index (χ1v) is 6.10. The molecule has 0 bridgehead atoms. The molecule has 2 unspecified atom stereocenters. The van der Waals surface area contributed by atoms with E-state index in [4.69, 9.17) is 0 Å². The molecule has 1 spiro atoms. The fourth-order valence-corrected chi connectivity index (χ4v) is 3.08.